The van der Waals surface area contributed by atoms with Crippen molar-refractivity contribution in [2.24, 2.45) is 0 Å². The van der Waals surface area contributed by atoms with Crippen LogP contribution in [0.2, 0.25) is 0 Å². The van der Waals surface area contributed by atoms with Crippen molar-refractivity contribution in [1.82, 2.24) is 10.2 Å². The minimum Gasteiger partial charge on any atom is -0.480 e. The lowest BCUT2D eigenvalue weighted by atomic mass is 10.0. The summed E-state index contributed by atoms with van der Waals surface area (Å²) in [6.45, 7) is 3.50. The first-order valence-corrected chi connectivity index (χ1v) is 7.89. The van der Waals surface area contributed by atoms with Crippen LogP contribution in [0.15, 0.2) is 60.7 Å². The Morgan fingerprint density at radius 1 is 1.04 bits per heavy atom. The molecule has 0 aliphatic heterocycles. The number of carbonyl (C=O) groups is 1. The molecule has 0 aromatic heterocycles. The maximum atomic E-state index is 11.8. The third-order valence-electron chi connectivity index (χ3n) is 3.91. The van der Waals surface area contributed by atoms with Crippen molar-refractivity contribution in [2.75, 3.05) is 20.1 Å². The van der Waals surface area contributed by atoms with Crippen LogP contribution >= 0.6 is 0 Å². The fraction of sp³-hybridized carbons (Fsp3) is 0.316. The molecule has 2 N–H and O–H groups in total. The number of carboxylic acids is 1. The Labute approximate surface area is 137 Å². The average Bonchev–Trinajstić information content (AvgIpc) is 2.56. The third kappa shape index (κ3) is 4.65. The lowest BCUT2D eigenvalue weighted by Crippen LogP contribution is -2.38. The summed E-state index contributed by atoms with van der Waals surface area (Å²) in [5.41, 5.74) is 1.96. The van der Waals surface area contributed by atoms with Gasteiger partial charge >= 0.3 is 5.97 Å². The Balaban J connectivity index is 2.19. The Morgan fingerprint density at radius 3 is 2.04 bits per heavy atom. The number of nitrogens with zero attached hydrogens (tertiary/aromatic N) is 1. The Hall–Kier alpha value is -2.17. The number of likely N-dealkylation sites (N-methyl/N-ethyl adjacent to an activating group) is 2. The minimum atomic E-state index is -0.831. The fourth-order valence-corrected chi connectivity index (χ4v) is 2.83. The molecular formula is C19H24N2O2. The molecule has 0 aliphatic carbocycles. The van der Waals surface area contributed by atoms with Crippen molar-refractivity contribution >= 4 is 5.97 Å². The van der Waals surface area contributed by atoms with E-state index in [9.17, 15) is 9.90 Å². The zero-order chi connectivity index (χ0) is 16.7. The van der Waals surface area contributed by atoms with E-state index >= 15 is 0 Å². The molecule has 4 heteroatoms. The summed E-state index contributed by atoms with van der Waals surface area (Å²) in [5, 5.41) is 13.1. The van der Waals surface area contributed by atoms with Crippen LogP contribution < -0.4 is 5.32 Å². The van der Waals surface area contributed by atoms with Gasteiger partial charge in [-0.2, -0.15) is 0 Å². The van der Waals surface area contributed by atoms with Gasteiger partial charge in [0, 0.05) is 12.6 Å². The van der Waals surface area contributed by atoms with Crippen molar-refractivity contribution in [3.05, 3.63) is 71.8 Å². The van der Waals surface area contributed by atoms with E-state index in [1.807, 2.05) is 60.5 Å². The third-order valence-corrected chi connectivity index (χ3v) is 3.91. The van der Waals surface area contributed by atoms with Gasteiger partial charge in [-0.1, -0.05) is 67.6 Å². The van der Waals surface area contributed by atoms with Crippen LogP contribution in [0.25, 0.3) is 0 Å². The molecular weight excluding hydrogens is 288 g/mol. The quantitative estimate of drug-likeness (QED) is 0.786. The van der Waals surface area contributed by atoms with Gasteiger partial charge in [-0.25, -0.2) is 0 Å². The van der Waals surface area contributed by atoms with Gasteiger partial charge in [0.15, 0.2) is 0 Å². The SMILES string of the molecule is CCN[C@@H](CN(C)C(C(=O)O)c1ccccc1)c1ccccc1. The summed E-state index contributed by atoms with van der Waals surface area (Å²) >= 11 is 0. The van der Waals surface area contributed by atoms with Gasteiger partial charge in [-0.15, -0.1) is 0 Å². The van der Waals surface area contributed by atoms with Gasteiger partial charge in [0.2, 0.25) is 0 Å². The Bertz CT molecular complexity index is 601. The Morgan fingerprint density at radius 2 is 1.57 bits per heavy atom. The molecule has 0 heterocycles. The zero-order valence-corrected chi connectivity index (χ0v) is 13.6. The first-order valence-electron chi connectivity index (χ1n) is 7.89. The van der Waals surface area contributed by atoms with Gasteiger partial charge in [0.1, 0.15) is 6.04 Å². The molecule has 0 saturated carbocycles. The molecule has 0 radical (unpaired) electrons. The van der Waals surface area contributed by atoms with Crippen LogP contribution in [0.3, 0.4) is 0 Å². The summed E-state index contributed by atoms with van der Waals surface area (Å²) in [6.07, 6.45) is 0. The molecule has 2 atom stereocenters. The second-order valence-electron chi connectivity index (χ2n) is 5.61. The van der Waals surface area contributed by atoms with Crippen LogP contribution in [0, 0.1) is 0 Å². The average molecular weight is 312 g/mol. The second-order valence-corrected chi connectivity index (χ2v) is 5.61. The topological polar surface area (TPSA) is 52.6 Å². The zero-order valence-electron chi connectivity index (χ0n) is 13.6. The van der Waals surface area contributed by atoms with Crippen LogP contribution in [0.5, 0.6) is 0 Å². The predicted octanol–water partition coefficient (Wildman–Crippen LogP) is 3.09. The minimum absolute atomic E-state index is 0.0942. The summed E-state index contributed by atoms with van der Waals surface area (Å²) in [7, 11) is 1.86. The maximum Gasteiger partial charge on any atom is 0.325 e. The highest BCUT2D eigenvalue weighted by atomic mass is 16.4. The molecule has 0 saturated heterocycles. The molecule has 1 unspecified atom stereocenters. The smallest absolute Gasteiger partial charge is 0.325 e. The van der Waals surface area contributed by atoms with E-state index < -0.39 is 12.0 Å². The molecule has 2 aromatic carbocycles. The number of hydrogen-bond acceptors (Lipinski definition) is 3. The van der Waals surface area contributed by atoms with E-state index in [1.165, 1.54) is 5.56 Å². The lowest BCUT2D eigenvalue weighted by Gasteiger charge is -2.29. The fourth-order valence-electron chi connectivity index (χ4n) is 2.83. The van der Waals surface area contributed by atoms with Crippen LogP contribution in [-0.2, 0) is 4.79 Å². The molecule has 0 aliphatic rings. The van der Waals surface area contributed by atoms with E-state index in [-0.39, 0.29) is 6.04 Å². The van der Waals surface area contributed by atoms with Crippen LogP contribution in [-0.4, -0.2) is 36.1 Å². The summed E-state index contributed by atoms with van der Waals surface area (Å²) in [4.78, 5) is 13.6. The largest absolute Gasteiger partial charge is 0.480 e. The number of hydrogen-bond donors (Lipinski definition) is 2. The molecule has 23 heavy (non-hydrogen) atoms. The first kappa shape index (κ1) is 17.2. The van der Waals surface area contributed by atoms with Crippen molar-refractivity contribution in [2.45, 2.75) is 19.0 Å². The van der Waals surface area contributed by atoms with Crippen molar-refractivity contribution in [3.63, 3.8) is 0 Å². The van der Waals surface area contributed by atoms with E-state index in [2.05, 4.69) is 24.4 Å². The number of aliphatic carboxylic acids is 1. The van der Waals surface area contributed by atoms with Crippen molar-refractivity contribution in [1.29, 1.82) is 0 Å². The highest BCUT2D eigenvalue weighted by Crippen LogP contribution is 2.23. The molecule has 0 fully saturated rings. The molecule has 122 valence electrons. The van der Waals surface area contributed by atoms with Gasteiger partial charge in [0.05, 0.1) is 0 Å². The van der Waals surface area contributed by atoms with Gasteiger partial charge < -0.3 is 10.4 Å². The predicted molar refractivity (Wildman–Crippen MR) is 92.3 cm³/mol. The molecule has 2 rings (SSSR count). The molecule has 2 aromatic rings. The number of nitrogens with one attached hydrogen (secondary N) is 1. The monoisotopic (exact) mass is 312 g/mol. The number of carboxylic acid groups (broad SMARTS) is 1. The van der Waals surface area contributed by atoms with E-state index in [1.54, 1.807) is 0 Å². The normalized spacial score (nSPS) is 13.7. The van der Waals surface area contributed by atoms with E-state index in [0.717, 1.165) is 12.1 Å². The highest BCUT2D eigenvalue weighted by Gasteiger charge is 2.26. The highest BCUT2D eigenvalue weighted by molar-refractivity contribution is 5.75. The standard InChI is InChI=1S/C19H24N2O2/c1-3-20-17(15-10-6-4-7-11-15)14-21(2)18(19(22)23)16-12-8-5-9-13-16/h4-13,17-18,20H,3,14H2,1-2H3,(H,22,23)/t17-,18?/m0/s1. The van der Waals surface area contributed by atoms with Gasteiger partial charge in [0.25, 0.3) is 0 Å². The summed E-state index contributed by atoms with van der Waals surface area (Å²) in [6, 6.07) is 18.9. The van der Waals surface area contributed by atoms with E-state index in [4.69, 9.17) is 0 Å². The first-order chi connectivity index (χ1) is 11.1. The van der Waals surface area contributed by atoms with Crippen LogP contribution in [0.1, 0.15) is 30.1 Å². The van der Waals surface area contributed by atoms with Crippen molar-refractivity contribution in [3.8, 4) is 0 Å². The molecule has 0 amide bonds. The number of benzene rings is 2. The van der Waals surface area contributed by atoms with Gasteiger partial charge in [-0.3, -0.25) is 9.69 Å². The van der Waals surface area contributed by atoms with Gasteiger partial charge in [-0.05, 0) is 24.7 Å². The Kier molecular flexibility index (Phi) is 6.32. The molecule has 4 nitrogen and oxygen atoms in total. The number of rotatable bonds is 8. The van der Waals surface area contributed by atoms with E-state index in [0.29, 0.717) is 6.54 Å². The second kappa shape index (κ2) is 8.46. The summed E-state index contributed by atoms with van der Waals surface area (Å²) < 4.78 is 0. The molecule has 0 bridgehead atoms. The maximum absolute atomic E-state index is 11.8. The summed E-state index contributed by atoms with van der Waals surface area (Å²) in [5.74, 6) is -0.831. The van der Waals surface area contributed by atoms with Crippen molar-refractivity contribution < 1.29 is 9.90 Å². The molecule has 0 spiro atoms. The lowest BCUT2D eigenvalue weighted by molar-refractivity contribution is -0.143. The van der Waals surface area contributed by atoms with Crippen LogP contribution in [0.4, 0.5) is 0 Å².